The van der Waals surface area contributed by atoms with E-state index in [2.05, 4.69) is 4.98 Å². The molecule has 6 nitrogen and oxygen atoms in total. The first-order valence-corrected chi connectivity index (χ1v) is 8.77. The fraction of sp³-hybridized carbons (Fsp3) is 0.136. The van der Waals surface area contributed by atoms with E-state index in [1.165, 1.54) is 6.07 Å². The van der Waals surface area contributed by atoms with Crippen LogP contribution in [-0.4, -0.2) is 30.9 Å². The van der Waals surface area contributed by atoms with Gasteiger partial charge in [-0.2, -0.15) is 0 Å². The highest BCUT2D eigenvalue weighted by Gasteiger charge is 2.17. The fourth-order valence-electron chi connectivity index (χ4n) is 3.46. The zero-order valence-electron chi connectivity index (χ0n) is 15.9. The van der Waals surface area contributed by atoms with Gasteiger partial charge >= 0.3 is 0 Å². The molecule has 0 spiro atoms. The highest BCUT2D eigenvalue weighted by atomic mass is 16.5. The zero-order chi connectivity index (χ0) is 19.7. The molecule has 0 saturated carbocycles. The molecule has 0 bridgehead atoms. The van der Waals surface area contributed by atoms with E-state index in [-0.39, 0.29) is 5.56 Å². The number of para-hydroxylation sites is 1. The quantitative estimate of drug-likeness (QED) is 0.572. The highest BCUT2D eigenvalue weighted by Crippen LogP contribution is 2.40. The van der Waals surface area contributed by atoms with Crippen LogP contribution in [0.1, 0.15) is 0 Å². The van der Waals surface area contributed by atoms with Gasteiger partial charge in [0.15, 0.2) is 11.5 Å². The number of hydrogen-bond donors (Lipinski definition) is 1. The molecule has 2 heterocycles. The Kier molecular flexibility index (Phi) is 4.53. The molecule has 4 rings (SSSR count). The second kappa shape index (κ2) is 7.15. The molecule has 6 heteroatoms. The second-order valence-electron chi connectivity index (χ2n) is 6.22. The van der Waals surface area contributed by atoms with Gasteiger partial charge in [0.05, 0.1) is 38.2 Å². The van der Waals surface area contributed by atoms with E-state index < -0.39 is 0 Å². The van der Waals surface area contributed by atoms with Gasteiger partial charge in [0.2, 0.25) is 5.75 Å². The number of H-pyrrole nitrogens is 1. The largest absolute Gasteiger partial charge is 0.493 e. The van der Waals surface area contributed by atoms with Gasteiger partial charge in [0.1, 0.15) is 0 Å². The van der Waals surface area contributed by atoms with Crippen LogP contribution in [0.3, 0.4) is 0 Å². The molecule has 0 saturated heterocycles. The molecular weight excluding hydrogens is 356 g/mol. The summed E-state index contributed by atoms with van der Waals surface area (Å²) in [6.45, 7) is 0. The second-order valence-corrected chi connectivity index (χ2v) is 6.22. The SMILES string of the molecule is COc1cc(-n2c(-c3cccc4cc[nH]c34)cccc2=O)cc(OC)c1OC. The summed E-state index contributed by atoms with van der Waals surface area (Å²) in [5, 5.41) is 1.07. The molecule has 0 radical (unpaired) electrons. The minimum Gasteiger partial charge on any atom is -0.493 e. The Morgan fingerprint density at radius 2 is 1.57 bits per heavy atom. The maximum absolute atomic E-state index is 12.9. The summed E-state index contributed by atoms with van der Waals surface area (Å²) in [6, 6.07) is 16.7. The normalized spacial score (nSPS) is 10.8. The molecule has 1 N–H and O–H groups in total. The molecule has 0 fully saturated rings. The number of pyridine rings is 1. The van der Waals surface area contributed by atoms with Crippen molar-refractivity contribution in [2.24, 2.45) is 0 Å². The maximum atomic E-state index is 12.9. The standard InChI is InChI=1S/C22H20N2O4/c1-26-18-12-15(13-19(27-2)22(18)28-3)24-17(8-5-9-20(24)25)16-7-4-6-14-10-11-23-21(14)16/h4-13,23H,1-3H3. The fourth-order valence-corrected chi connectivity index (χ4v) is 3.46. The number of hydrogen-bond acceptors (Lipinski definition) is 4. The minimum atomic E-state index is -0.157. The van der Waals surface area contributed by atoms with Gasteiger partial charge in [0.25, 0.3) is 5.56 Å². The van der Waals surface area contributed by atoms with Crippen LogP contribution in [0.5, 0.6) is 17.2 Å². The zero-order valence-corrected chi connectivity index (χ0v) is 15.9. The lowest BCUT2D eigenvalue weighted by Gasteiger charge is -2.18. The van der Waals surface area contributed by atoms with Crippen molar-refractivity contribution in [1.82, 2.24) is 9.55 Å². The lowest BCUT2D eigenvalue weighted by molar-refractivity contribution is 0.324. The first-order valence-electron chi connectivity index (χ1n) is 8.77. The van der Waals surface area contributed by atoms with Crippen molar-refractivity contribution in [2.75, 3.05) is 21.3 Å². The predicted molar refractivity (Wildman–Crippen MR) is 109 cm³/mol. The van der Waals surface area contributed by atoms with E-state index in [0.717, 1.165) is 22.2 Å². The van der Waals surface area contributed by atoms with E-state index in [1.807, 2.05) is 36.5 Å². The van der Waals surface area contributed by atoms with Crippen LogP contribution in [0, 0.1) is 0 Å². The number of rotatable bonds is 5. The molecule has 0 aliphatic carbocycles. The number of fused-ring (bicyclic) bond motifs is 1. The van der Waals surface area contributed by atoms with E-state index >= 15 is 0 Å². The summed E-state index contributed by atoms with van der Waals surface area (Å²) in [5.74, 6) is 1.44. The number of nitrogens with one attached hydrogen (secondary N) is 1. The first kappa shape index (κ1) is 17.7. The molecule has 142 valence electrons. The monoisotopic (exact) mass is 376 g/mol. The van der Waals surface area contributed by atoms with Crippen LogP contribution >= 0.6 is 0 Å². The molecule has 0 atom stereocenters. The van der Waals surface area contributed by atoms with Crippen molar-refractivity contribution in [3.63, 3.8) is 0 Å². The summed E-state index contributed by atoms with van der Waals surface area (Å²) in [5.41, 5.74) is 3.12. The molecule has 2 aromatic carbocycles. The molecule has 4 aromatic rings. The van der Waals surface area contributed by atoms with E-state index in [0.29, 0.717) is 22.9 Å². The van der Waals surface area contributed by atoms with Crippen molar-refractivity contribution in [2.45, 2.75) is 0 Å². The molecule has 0 unspecified atom stereocenters. The lowest BCUT2D eigenvalue weighted by Crippen LogP contribution is -2.19. The summed E-state index contributed by atoms with van der Waals surface area (Å²) in [6.07, 6.45) is 1.89. The Bertz CT molecular complexity index is 1180. The van der Waals surface area contributed by atoms with Crippen molar-refractivity contribution in [1.29, 1.82) is 0 Å². The Morgan fingerprint density at radius 3 is 2.25 bits per heavy atom. The number of aromatic nitrogens is 2. The molecular formula is C22H20N2O4. The minimum absolute atomic E-state index is 0.157. The number of nitrogens with zero attached hydrogens (tertiary/aromatic N) is 1. The van der Waals surface area contributed by atoms with Crippen molar-refractivity contribution >= 4 is 10.9 Å². The average Bonchev–Trinajstić information content (AvgIpc) is 3.21. The van der Waals surface area contributed by atoms with Crippen molar-refractivity contribution in [3.8, 4) is 34.2 Å². The van der Waals surface area contributed by atoms with Crippen LogP contribution in [0.25, 0.3) is 27.8 Å². The molecule has 28 heavy (non-hydrogen) atoms. The molecule has 2 aromatic heterocycles. The van der Waals surface area contributed by atoms with E-state index in [1.54, 1.807) is 44.1 Å². The predicted octanol–water partition coefficient (Wildman–Crippen LogP) is 4.01. The van der Waals surface area contributed by atoms with Crippen LogP contribution in [0.4, 0.5) is 0 Å². The number of methoxy groups -OCH3 is 3. The Balaban J connectivity index is 2.03. The van der Waals surface area contributed by atoms with Gasteiger partial charge in [0, 0.05) is 35.3 Å². The maximum Gasteiger partial charge on any atom is 0.255 e. The summed E-state index contributed by atoms with van der Waals surface area (Å²) < 4.78 is 18.0. The highest BCUT2D eigenvalue weighted by molar-refractivity contribution is 5.93. The molecule has 0 amide bonds. The topological polar surface area (TPSA) is 65.5 Å². The van der Waals surface area contributed by atoms with Crippen molar-refractivity contribution < 1.29 is 14.2 Å². The van der Waals surface area contributed by atoms with E-state index in [4.69, 9.17) is 14.2 Å². The summed E-state index contributed by atoms with van der Waals surface area (Å²) >= 11 is 0. The number of benzene rings is 2. The first-order chi connectivity index (χ1) is 13.7. The summed E-state index contributed by atoms with van der Waals surface area (Å²) in [7, 11) is 4.65. The third kappa shape index (κ3) is 2.79. The average molecular weight is 376 g/mol. The number of aromatic amines is 1. The third-order valence-corrected chi connectivity index (χ3v) is 4.73. The van der Waals surface area contributed by atoms with Gasteiger partial charge in [-0.25, -0.2) is 0 Å². The Hall–Kier alpha value is -3.67. The van der Waals surface area contributed by atoms with Gasteiger partial charge in [-0.15, -0.1) is 0 Å². The molecule has 0 aliphatic rings. The van der Waals surface area contributed by atoms with Crippen molar-refractivity contribution in [3.05, 3.63) is 71.1 Å². The van der Waals surface area contributed by atoms with Crippen LogP contribution in [0.2, 0.25) is 0 Å². The van der Waals surface area contributed by atoms with Gasteiger partial charge < -0.3 is 19.2 Å². The van der Waals surface area contributed by atoms with Gasteiger partial charge in [-0.3, -0.25) is 9.36 Å². The third-order valence-electron chi connectivity index (χ3n) is 4.73. The number of ether oxygens (including phenoxy) is 3. The Labute approximate surface area is 161 Å². The van der Waals surface area contributed by atoms with Gasteiger partial charge in [-0.05, 0) is 12.1 Å². The Morgan fingerprint density at radius 1 is 0.857 bits per heavy atom. The van der Waals surface area contributed by atoms with Gasteiger partial charge in [-0.1, -0.05) is 24.3 Å². The summed E-state index contributed by atoms with van der Waals surface area (Å²) in [4.78, 5) is 16.1. The van der Waals surface area contributed by atoms with Crippen LogP contribution in [-0.2, 0) is 0 Å². The smallest absolute Gasteiger partial charge is 0.255 e. The van der Waals surface area contributed by atoms with E-state index in [9.17, 15) is 4.79 Å². The lowest BCUT2D eigenvalue weighted by atomic mass is 10.1. The van der Waals surface area contributed by atoms with Crippen LogP contribution < -0.4 is 19.8 Å². The molecule has 0 aliphatic heterocycles. The van der Waals surface area contributed by atoms with Crippen LogP contribution in [0.15, 0.2) is 65.6 Å².